The van der Waals surface area contributed by atoms with E-state index in [1.54, 1.807) is 0 Å². The van der Waals surface area contributed by atoms with E-state index in [1.807, 2.05) is 6.08 Å². The largest absolute Gasteiger partial charge is 0.325 e. The summed E-state index contributed by atoms with van der Waals surface area (Å²) in [5.41, 5.74) is 0. The zero-order valence-electron chi connectivity index (χ0n) is 6.15. The van der Waals surface area contributed by atoms with Crippen LogP contribution >= 0.6 is 0 Å². The summed E-state index contributed by atoms with van der Waals surface area (Å²) < 4.78 is 1.05. The lowest BCUT2D eigenvalue weighted by Crippen LogP contribution is -2.38. The molecule has 0 radical (unpaired) electrons. The monoisotopic (exact) mass is 114 g/mol. The highest BCUT2D eigenvalue weighted by Crippen LogP contribution is 1.93. The highest BCUT2D eigenvalue weighted by molar-refractivity contribution is 4.63. The molecule has 0 aliphatic carbocycles. The third kappa shape index (κ3) is 2.80. The fourth-order valence-electron chi connectivity index (χ4n) is 0.479. The van der Waals surface area contributed by atoms with E-state index >= 15 is 0 Å². The summed E-state index contributed by atoms with van der Waals surface area (Å²) in [6, 6.07) is 0. The maximum absolute atomic E-state index is 3.68. The maximum Gasteiger partial charge on any atom is 0.0966 e. The molecule has 48 valence electrons. The van der Waals surface area contributed by atoms with Crippen LogP contribution < -0.4 is 0 Å². The number of hydrogen-bond donors (Lipinski definition) is 0. The van der Waals surface area contributed by atoms with Crippen molar-refractivity contribution in [3.05, 3.63) is 12.7 Å². The van der Waals surface area contributed by atoms with Gasteiger partial charge in [0.1, 0.15) is 0 Å². The molecule has 0 saturated heterocycles. The molecule has 0 heterocycles. The van der Waals surface area contributed by atoms with Gasteiger partial charge in [0, 0.05) is 0 Å². The zero-order valence-corrected chi connectivity index (χ0v) is 6.15. The van der Waals surface area contributed by atoms with Gasteiger partial charge in [-0.15, -0.1) is 0 Å². The topological polar surface area (TPSA) is 0 Å². The predicted molar refractivity (Wildman–Crippen MR) is 37.7 cm³/mol. The van der Waals surface area contributed by atoms with Gasteiger partial charge in [0.15, 0.2) is 0 Å². The molecule has 0 spiro atoms. The first-order valence-corrected chi connectivity index (χ1v) is 3.05. The van der Waals surface area contributed by atoms with Crippen molar-refractivity contribution >= 4 is 0 Å². The van der Waals surface area contributed by atoms with Crippen molar-refractivity contribution in [1.82, 2.24) is 0 Å². The highest BCUT2D eigenvalue weighted by Gasteiger charge is 2.06. The first-order chi connectivity index (χ1) is 3.62. The van der Waals surface area contributed by atoms with E-state index in [2.05, 4.69) is 27.6 Å². The minimum atomic E-state index is 1.05. The summed E-state index contributed by atoms with van der Waals surface area (Å²) in [4.78, 5) is 0. The fourth-order valence-corrected chi connectivity index (χ4v) is 0.479. The molecule has 1 heteroatoms. The van der Waals surface area contributed by atoms with Gasteiger partial charge in [-0.05, 0) is 13.0 Å². The number of hydrogen-bond acceptors (Lipinski definition) is 0. The van der Waals surface area contributed by atoms with Gasteiger partial charge < -0.3 is 4.48 Å². The predicted octanol–water partition coefficient (Wildman–Crippen LogP) is 1.27. The maximum atomic E-state index is 3.68. The molecule has 8 heavy (non-hydrogen) atoms. The van der Waals surface area contributed by atoms with E-state index in [4.69, 9.17) is 0 Å². The van der Waals surface area contributed by atoms with Crippen LogP contribution in [-0.4, -0.2) is 31.7 Å². The second-order valence-electron chi connectivity index (χ2n) is 2.72. The Hall–Kier alpha value is -0.300. The van der Waals surface area contributed by atoms with E-state index in [-0.39, 0.29) is 0 Å². The third-order valence-corrected chi connectivity index (χ3v) is 1.48. The van der Waals surface area contributed by atoms with Crippen LogP contribution in [0.4, 0.5) is 0 Å². The molecule has 0 aliphatic rings. The van der Waals surface area contributed by atoms with Gasteiger partial charge in [-0.25, -0.2) is 0 Å². The van der Waals surface area contributed by atoms with Crippen molar-refractivity contribution in [2.45, 2.75) is 6.92 Å². The Morgan fingerprint density at radius 2 is 2.00 bits per heavy atom. The average molecular weight is 114 g/mol. The molecule has 0 aromatic carbocycles. The van der Waals surface area contributed by atoms with Crippen molar-refractivity contribution in [1.29, 1.82) is 0 Å². The number of quaternary nitrogens is 1. The van der Waals surface area contributed by atoms with Crippen molar-refractivity contribution in [2.75, 3.05) is 27.2 Å². The van der Waals surface area contributed by atoms with Crippen LogP contribution in [0, 0.1) is 0 Å². The lowest BCUT2D eigenvalue weighted by molar-refractivity contribution is -0.882. The van der Waals surface area contributed by atoms with Crippen molar-refractivity contribution < 1.29 is 4.48 Å². The first kappa shape index (κ1) is 7.70. The highest BCUT2D eigenvalue weighted by atomic mass is 15.3. The SMILES string of the molecule is C=CC[N+](C)(C)CC. The van der Waals surface area contributed by atoms with Gasteiger partial charge in [-0.2, -0.15) is 0 Å². The summed E-state index contributed by atoms with van der Waals surface area (Å²) in [6.45, 7) is 8.10. The molecule has 1 nitrogen and oxygen atoms in total. The van der Waals surface area contributed by atoms with Crippen LogP contribution in [0.1, 0.15) is 6.92 Å². The Kier molecular flexibility index (Phi) is 2.77. The van der Waals surface area contributed by atoms with Gasteiger partial charge in [-0.3, -0.25) is 0 Å². The average Bonchev–Trinajstić information content (AvgIpc) is 1.67. The summed E-state index contributed by atoms with van der Waals surface area (Å²) in [6.07, 6.45) is 1.96. The first-order valence-electron chi connectivity index (χ1n) is 3.05. The van der Waals surface area contributed by atoms with Gasteiger partial charge >= 0.3 is 0 Å². The van der Waals surface area contributed by atoms with Crippen LogP contribution in [0.2, 0.25) is 0 Å². The smallest absolute Gasteiger partial charge is 0.0966 e. The van der Waals surface area contributed by atoms with Crippen molar-refractivity contribution in [3.63, 3.8) is 0 Å². The van der Waals surface area contributed by atoms with E-state index in [1.165, 1.54) is 6.54 Å². The normalized spacial score (nSPS) is 11.4. The Morgan fingerprint density at radius 3 is 2.12 bits per heavy atom. The zero-order chi connectivity index (χ0) is 6.62. The molecule has 0 N–H and O–H groups in total. The van der Waals surface area contributed by atoms with Crippen LogP contribution in [0.15, 0.2) is 12.7 Å². The minimum Gasteiger partial charge on any atom is -0.325 e. The van der Waals surface area contributed by atoms with Crippen LogP contribution in [0.3, 0.4) is 0 Å². The fraction of sp³-hybridized carbons (Fsp3) is 0.714. The third-order valence-electron chi connectivity index (χ3n) is 1.48. The quantitative estimate of drug-likeness (QED) is 0.383. The number of likely N-dealkylation sites (N-methyl/N-ethyl adjacent to an activating group) is 1. The van der Waals surface area contributed by atoms with Crippen molar-refractivity contribution in [2.24, 2.45) is 0 Å². The Bertz CT molecular complexity index is 74.5. The molecule has 0 aromatic heterocycles. The second kappa shape index (κ2) is 2.88. The van der Waals surface area contributed by atoms with E-state index in [0.717, 1.165) is 11.0 Å². The molecule has 0 aliphatic heterocycles. The molecule has 0 unspecified atom stereocenters. The molecule has 0 fully saturated rings. The molecule has 0 saturated carbocycles. The molecule has 0 amide bonds. The molecule has 0 bridgehead atoms. The van der Waals surface area contributed by atoms with Gasteiger partial charge in [-0.1, -0.05) is 6.58 Å². The summed E-state index contributed by atoms with van der Waals surface area (Å²) in [7, 11) is 4.39. The Balaban J connectivity index is 3.53. The molecular weight excluding hydrogens is 98.1 g/mol. The number of nitrogens with zero attached hydrogens (tertiary/aromatic N) is 1. The Morgan fingerprint density at radius 1 is 1.50 bits per heavy atom. The van der Waals surface area contributed by atoms with E-state index in [9.17, 15) is 0 Å². The standard InChI is InChI=1S/C7H16N/c1-5-7-8(3,4)6-2/h5H,1,6-7H2,2-4H3/q+1. The van der Waals surface area contributed by atoms with Crippen molar-refractivity contribution in [3.8, 4) is 0 Å². The van der Waals surface area contributed by atoms with Crippen LogP contribution in [0.25, 0.3) is 0 Å². The molecule has 0 atom stereocenters. The van der Waals surface area contributed by atoms with Gasteiger partial charge in [0.2, 0.25) is 0 Å². The molecular formula is C7H16N+. The summed E-state index contributed by atoms with van der Waals surface area (Å²) >= 11 is 0. The lowest BCUT2D eigenvalue weighted by atomic mass is 10.4. The second-order valence-corrected chi connectivity index (χ2v) is 2.72. The minimum absolute atomic E-state index is 1.05. The van der Waals surface area contributed by atoms with Gasteiger partial charge in [0.05, 0.1) is 27.2 Å². The Labute approximate surface area is 52.2 Å². The lowest BCUT2D eigenvalue weighted by Gasteiger charge is -2.26. The van der Waals surface area contributed by atoms with Crippen LogP contribution in [-0.2, 0) is 0 Å². The number of rotatable bonds is 3. The van der Waals surface area contributed by atoms with Crippen LogP contribution in [0.5, 0.6) is 0 Å². The summed E-state index contributed by atoms with van der Waals surface area (Å²) in [5, 5.41) is 0. The summed E-state index contributed by atoms with van der Waals surface area (Å²) in [5.74, 6) is 0. The van der Waals surface area contributed by atoms with Gasteiger partial charge in [0.25, 0.3) is 0 Å². The van der Waals surface area contributed by atoms with E-state index < -0.39 is 0 Å². The van der Waals surface area contributed by atoms with E-state index in [0.29, 0.717) is 0 Å². The molecule has 0 aromatic rings. The molecule has 0 rings (SSSR count).